The van der Waals surface area contributed by atoms with Crippen molar-refractivity contribution in [3.63, 3.8) is 0 Å². The largest absolute Gasteiger partial charge is 0.507 e. The summed E-state index contributed by atoms with van der Waals surface area (Å²) in [4.78, 5) is 11.9. The first kappa shape index (κ1) is 48.2. The molecule has 358 valence electrons. The standard InChI is InChI=1S/C38H50O26/c1-55-11-2-10-3-13-21(12(41)5-19(42)58-13)26(47)20(10)14(4-11)59-37-31(52)28(49)23(44)17(62-37)9-57-36-33(54)34(25(46)16(7-40)61-36)64-38-32(53)29(50)24(45)18(63-38)8-56-35-30(51)27(48)22(43)15(6-39)60-35/h2-5,15-18,22-25,27-41,43-54H,6-9H2,1H3/t15-,16+,17-,18-,22-,23-,24-,25+,27-,28+,29+,30+,31-,32-,33+,34-,35+,36+,37-,38-/m0/s1. The van der Waals surface area contributed by atoms with E-state index in [1.165, 1.54) is 25.3 Å². The van der Waals surface area contributed by atoms with Crippen LogP contribution in [0.25, 0.3) is 21.7 Å². The van der Waals surface area contributed by atoms with Crippen molar-refractivity contribution in [1.29, 1.82) is 0 Å². The van der Waals surface area contributed by atoms with Gasteiger partial charge in [0, 0.05) is 6.07 Å². The third-order valence-corrected chi connectivity index (χ3v) is 11.5. The first-order valence-electron chi connectivity index (χ1n) is 19.8. The van der Waals surface area contributed by atoms with Gasteiger partial charge in [0.2, 0.25) is 6.29 Å². The molecule has 4 aliphatic heterocycles. The molecule has 3 aromatic rings. The lowest BCUT2D eigenvalue weighted by molar-refractivity contribution is -0.369. The van der Waals surface area contributed by atoms with Gasteiger partial charge in [-0.05, 0) is 17.5 Å². The topological polar surface area (TPSA) is 417 Å². The number of hydrogen-bond donors (Lipinski definition) is 15. The molecule has 4 fully saturated rings. The molecule has 0 radical (unpaired) electrons. The molecular weight excluding hydrogens is 872 g/mol. The highest BCUT2D eigenvalue weighted by molar-refractivity contribution is 6.08. The highest BCUT2D eigenvalue weighted by Gasteiger charge is 2.53. The summed E-state index contributed by atoms with van der Waals surface area (Å²) in [6.45, 7) is -3.20. The van der Waals surface area contributed by atoms with Gasteiger partial charge in [-0.3, -0.25) is 0 Å². The molecule has 4 saturated heterocycles. The molecule has 7 rings (SSSR count). The van der Waals surface area contributed by atoms with E-state index in [4.69, 9.17) is 47.0 Å². The summed E-state index contributed by atoms with van der Waals surface area (Å²) in [5.74, 6) is -1.36. The average molecular weight is 923 g/mol. The third kappa shape index (κ3) is 9.20. The summed E-state index contributed by atoms with van der Waals surface area (Å²) in [5, 5.41) is 159. The summed E-state index contributed by atoms with van der Waals surface area (Å²) in [7, 11) is 1.30. The maximum atomic E-state index is 11.9. The number of aliphatic hydroxyl groups is 13. The maximum Gasteiger partial charge on any atom is 0.339 e. The second-order valence-corrected chi connectivity index (χ2v) is 15.6. The van der Waals surface area contributed by atoms with Gasteiger partial charge in [0.15, 0.2) is 18.9 Å². The molecule has 0 saturated carbocycles. The van der Waals surface area contributed by atoms with E-state index in [0.29, 0.717) is 0 Å². The van der Waals surface area contributed by atoms with Crippen molar-refractivity contribution >= 4 is 21.7 Å². The van der Waals surface area contributed by atoms with E-state index in [1.807, 2.05) is 0 Å². The SMILES string of the molecule is COc1cc(O[C@H]2O[C@@H](CO[C@@H]3O[C@H](CO)[C@@H](O)[C@H](O[C@@H]4O[C@@H](CO[C@@H]5O[C@@H](CO)[C@H](O)[C@H](O)[C@H]5O)[C@H](O)[C@@H](O)[C@@H]4O)[C@H]3O)[C@H](O)[C@@H](O)[C@@H]2O)c2c(O)c3c(O)cc(=O)oc3cc2c1. The van der Waals surface area contributed by atoms with Crippen LogP contribution in [-0.4, -0.2) is 233 Å². The van der Waals surface area contributed by atoms with Gasteiger partial charge in [-0.15, -0.1) is 0 Å². The molecule has 0 unspecified atom stereocenters. The van der Waals surface area contributed by atoms with Crippen LogP contribution < -0.4 is 15.1 Å². The van der Waals surface area contributed by atoms with E-state index in [0.717, 1.165) is 6.07 Å². The van der Waals surface area contributed by atoms with Gasteiger partial charge in [-0.25, -0.2) is 4.79 Å². The van der Waals surface area contributed by atoms with Crippen LogP contribution >= 0.6 is 0 Å². The molecule has 0 bridgehead atoms. The Morgan fingerprint density at radius 2 is 1.05 bits per heavy atom. The summed E-state index contributed by atoms with van der Waals surface area (Å²) >= 11 is 0. The van der Waals surface area contributed by atoms with Crippen LogP contribution in [0.4, 0.5) is 0 Å². The Labute approximate surface area is 359 Å². The average Bonchev–Trinajstić information content (AvgIpc) is 3.26. The summed E-state index contributed by atoms with van der Waals surface area (Å²) in [5.41, 5.74) is -1.11. The maximum absolute atomic E-state index is 11.9. The van der Waals surface area contributed by atoms with E-state index in [2.05, 4.69) is 0 Å². The van der Waals surface area contributed by atoms with Crippen LogP contribution in [0, 0.1) is 0 Å². The number of hydrogen-bond acceptors (Lipinski definition) is 26. The zero-order valence-corrected chi connectivity index (χ0v) is 33.4. The Kier molecular flexibility index (Phi) is 14.8. The molecule has 0 spiro atoms. The Morgan fingerprint density at radius 3 is 1.62 bits per heavy atom. The van der Waals surface area contributed by atoms with Gasteiger partial charge >= 0.3 is 5.63 Å². The molecular formula is C38H50O26. The number of aliphatic hydroxyl groups excluding tert-OH is 13. The second-order valence-electron chi connectivity index (χ2n) is 15.6. The number of ether oxygens (including phenoxy) is 9. The molecule has 15 N–H and O–H groups in total. The van der Waals surface area contributed by atoms with Crippen molar-refractivity contribution in [2.24, 2.45) is 0 Å². The number of phenols is 1. The Balaban J connectivity index is 1.05. The lowest BCUT2D eigenvalue weighted by Gasteiger charge is -2.46. The Morgan fingerprint density at radius 1 is 0.547 bits per heavy atom. The van der Waals surface area contributed by atoms with Gasteiger partial charge < -0.3 is 124 Å². The Hall–Kier alpha value is -3.69. The number of methoxy groups -OCH3 is 1. The van der Waals surface area contributed by atoms with Crippen LogP contribution in [0.5, 0.6) is 23.0 Å². The van der Waals surface area contributed by atoms with Crippen molar-refractivity contribution in [1.82, 2.24) is 0 Å². The minimum atomic E-state index is -2.06. The molecule has 4 aliphatic rings. The van der Waals surface area contributed by atoms with Crippen LogP contribution in [0.3, 0.4) is 0 Å². The van der Waals surface area contributed by atoms with Crippen molar-refractivity contribution < 1.29 is 124 Å². The van der Waals surface area contributed by atoms with Crippen LogP contribution in [0.1, 0.15) is 0 Å². The quantitative estimate of drug-likeness (QED) is 0.0559. The molecule has 26 heteroatoms. The first-order valence-corrected chi connectivity index (χ1v) is 19.8. The van der Waals surface area contributed by atoms with E-state index < -0.39 is 166 Å². The van der Waals surface area contributed by atoms with Crippen molar-refractivity contribution in [3.8, 4) is 23.0 Å². The fraction of sp³-hybridized carbons (Fsp3) is 0.658. The van der Waals surface area contributed by atoms with Crippen molar-refractivity contribution in [2.75, 3.05) is 33.5 Å². The summed E-state index contributed by atoms with van der Waals surface area (Å²) in [6.07, 6.45) is -36.5. The van der Waals surface area contributed by atoms with Crippen molar-refractivity contribution in [3.05, 3.63) is 34.7 Å². The number of benzene rings is 2. The van der Waals surface area contributed by atoms with Gasteiger partial charge in [0.25, 0.3) is 0 Å². The first-order chi connectivity index (χ1) is 30.4. The third-order valence-electron chi connectivity index (χ3n) is 11.5. The number of phenolic OH excluding ortho intramolecular Hbond substituents is 1. The number of fused-ring (bicyclic) bond motifs is 2. The van der Waals surface area contributed by atoms with Crippen LogP contribution in [0.2, 0.25) is 0 Å². The summed E-state index contributed by atoms with van der Waals surface area (Å²) < 4.78 is 55.3. The van der Waals surface area contributed by atoms with Crippen molar-refractivity contribution in [2.45, 2.75) is 123 Å². The molecule has 26 nitrogen and oxygen atoms in total. The highest BCUT2D eigenvalue weighted by atomic mass is 16.8. The highest BCUT2D eigenvalue weighted by Crippen LogP contribution is 2.45. The van der Waals surface area contributed by atoms with Crippen LogP contribution in [-0.2, 0) is 33.2 Å². The summed E-state index contributed by atoms with van der Waals surface area (Å²) in [6, 6.07) is 4.71. The lowest BCUT2D eigenvalue weighted by atomic mass is 9.96. The number of rotatable bonds is 13. The van der Waals surface area contributed by atoms with E-state index >= 15 is 0 Å². The molecule has 5 heterocycles. The zero-order chi connectivity index (χ0) is 46.5. The molecule has 2 aromatic carbocycles. The fourth-order valence-corrected chi connectivity index (χ4v) is 7.83. The zero-order valence-electron chi connectivity index (χ0n) is 33.4. The van der Waals surface area contributed by atoms with Gasteiger partial charge in [0.1, 0.15) is 132 Å². The molecule has 1 aromatic heterocycles. The predicted molar refractivity (Wildman–Crippen MR) is 202 cm³/mol. The smallest absolute Gasteiger partial charge is 0.339 e. The monoisotopic (exact) mass is 922 g/mol. The van der Waals surface area contributed by atoms with E-state index in [9.17, 15) is 81.4 Å². The normalized spacial score (nSPS) is 40.7. The van der Waals surface area contributed by atoms with Gasteiger partial charge in [0.05, 0.1) is 45.0 Å². The Bertz CT molecular complexity index is 2120. The lowest BCUT2D eigenvalue weighted by Crippen LogP contribution is -2.65. The minimum absolute atomic E-state index is 0.0956. The fourth-order valence-electron chi connectivity index (χ4n) is 7.83. The molecule has 0 aliphatic carbocycles. The molecule has 20 atom stereocenters. The van der Waals surface area contributed by atoms with Gasteiger partial charge in [-0.2, -0.15) is 0 Å². The molecule has 0 amide bonds. The van der Waals surface area contributed by atoms with E-state index in [1.54, 1.807) is 0 Å². The van der Waals surface area contributed by atoms with Crippen LogP contribution in [0.15, 0.2) is 33.5 Å². The second kappa shape index (κ2) is 19.6. The number of aromatic hydroxyl groups is 2. The molecule has 64 heavy (non-hydrogen) atoms. The minimum Gasteiger partial charge on any atom is -0.507 e. The predicted octanol–water partition coefficient (Wildman–Crippen LogP) is -6.98. The van der Waals surface area contributed by atoms with Gasteiger partial charge in [-0.1, -0.05) is 0 Å². The van der Waals surface area contributed by atoms with E-state index in [-0.39, 0.29) is 33.2 Å².